The molecule has 0 radical (unpaired) electrons. The van der Waals surface area contributed by atoms with Crippen LogP contribution < -0.4 is 15.8 Å². The van der Waals surface area contributed by atoms with Crippen molar-refractivity contribution in [3.05, 3.63) is 65.7 Å². The molecule has 0 fully saturated rings. The van der Waals surface area contributed by atoms with Gasteiger partial charge in [-0.15, -0.1) is 0 Å². The molecule has 0 aliphatic heterocycles. The highest BCUT2D eigenvalue weighted by Crippen LogP contribution is 2.17. The average Bonchev–Trinajstić information content (AvgIpc) is 2.65. The fraction of sp³-hybridized carbons (Fsp3) is 0.105. The summed E-state index contributed by atoms with van der Waals surface area (Å²) < 4.78 is 9.84. The van der Waals surface area contributed by atoms with Gasteiger partial charge in [-0.2, -0.15) is 0 Å². The summed E-state index contributed by atoms with van der Waals surface area (Å²) in [6.45, 7) is -0.529. The number of benzene rings is 2. The first-order valence-corrected chi connectivity index (χ1v) is 7.67. The molecule has 0 spiro atoms. The van der Waals surface area contributed by atoms with Gasteiger partial charge in [0.1, 0.15) is 5.75 Å². The van der Waals surface area contributed by atoms with Crippen LogP contribution in [0, 0.1) is 0 Å². The minimum absolute atomic E-state index is 0.125. The van der Waals surface area contributed by atoms with Crippen LogP contribution in [0.5, 0.6) is 5.75 Å². The largest absolute Gasteiger partial charge is 0.497 e. The lowest BCUT2D eigenvalue weighted by atomic mass is 10.1. The van der Waals surface area contributed by atoms with Crippen LogP contribution in [-0.2, 0) is 14.3 Å². The molecule has 0 atom stereocenters. The van der Waals surface area contributed by atoms with Crippen LogP contribution >= 0.6 is 0 Å². The number of nitrogens with two attached hydrogens (primary N) is 1. The molecule has 0 saturated heterocycles. The van der Waals surface area contributed by atoms with E-state index in [-0.39, 0.29) is 11.3 Å². The van der Waals surface area contributed by atoms with Crippen LogP contribution in [0.2, 0.25) is 0 Å². The second-order valence-electron chi connectivity index (χ2n) is 5.18. The molecule has 134 valence electrons. The Labute approximate surface area is 150 Å². The van der Waals surface area contributed by atoms with Crippen molar-refractivity contribution in [1.82, 2.24) is 0 Å². The number of esters is 1. The van der Waals surface area contributed by atoms with E-state index in [0.717, 1.165) is 11.3 Å². The Kier molecular flexibility index (Phi) is 6.50. The van der Waals surface area contributed by atoms with Gasteiger partial charge in [-0.1, -0.05) is 24.3 Å². The first-order chi connectivity index (χ1) is 12.5. The monoisotopic (exact) mass is 354 g/mol. The third kappa shape index (κ3) is 5.48. The van der Waals surface area contributed by atoms with E-state index in [0.29, 0.717) is 0 Å². The van der Waals surface area contributed by atoms with E-state index < -0.39 is 24.4 Å². The van der Waals surface area contributed by atoms with Gasteiger partial charge in [0.2, 0.25) is 5.91 Å². The molecule has 2 aromatic rings. The summed E-state index contributed by atoms with van der Waals surface area (Å²) in [5, 5.41) is 2.60. The molecule has 7 nitrogen and oxygen atoms in total. The molecular weight excluding hydrogens is 336 g/mol. The van der Waals surface area contributed by atoms with Gasteiger partial charge >= 0.3 is 5.97 Å². The van der Waals surface area contributed by atoms with Crippen molar-refractivity contribution in [2.24, 2.45) is 5.73 Å². The van der Waals surface area contributed by atoms with Crippen molar-refractivity contribution in [3.8, 4) is 5.75 Å². The SMILES string of the molecule is COc1ccc(/C=C/C(=O)Nc2ccccc2C(=O)OCC(N)=O)cc1. The summed E-state index contributed by atoms with van der Waals surface area (Å²) in [5.74, 6) is -1.22. The van der Waals surface area contributed by atoms with Crippen molar-refractivity contribution in [2.75, 3.05) is 19.0 Å². The predicted octanol–water partition coefficient (Wildman–Crippen LogP) is 1.99. The predicted molar refractivity (Wildman–Crippen MR) is 96.6 cm³/mol. The number of hydrogen-bond acceptors (Lipinski definition) is 5. The van der Waals surface area contributed by atoms with Gasteiger partial charge in [0.25, 0.3) is 5.91 Å². The summed E-state index contributed by atoms with van der Waals surface area (Å²) in [6.07, 6.45) is 2.97. The lowest BCUT2D eigenvalue weighted by molar-refractivity contribution is -0.121. The number of carbonyl (C=O) groups excluding carboxylic acids is 3. The van der Waals surface area contributed by atoms with Crippen LogP contribution in [0.1, 0.15) is 15.9 Å². The van der Waals surface area contributed by atoms with E-state index >= 15 is 0 Å². The molecule has 0 heterocycles. The normalized spacial score (nSPS) is 10.3. The van der Waals surface area contributed by atoms with E-state index in [4.69, 9.17) is 15.2 Å². The molecule has 2 aromatic carbocycles. The maximum Gasteiger partial charge on any atom is 0.340 e. The number of methoxy groups -OCH3 is 1. The fourth-order valence-electron chi connectivity index (χ4n) is 2.05. The molecule has 7 heteroatoms. The summed E-state index contributed by atoms with van der Waals surface area (Å²) in [6, 6.07) is 13.5. The molecular formula is C19H18N2O5. The van der Waals surface area contributed by atoms with Crippen molar-refractivity contribution in [2.45, 2.75) is 0 Å². The second-order valence-corrected chi connectivity index (χ2v) is 5.18. The van der Waals surface area contributed by atoms with Crippen LogP contribution in [0.4, 0.5) is 5.69 Å². The molecule has 2 rings (SSSR count). The Morgan fingerprint density at radius 3 is 2.42 bits per heavy atom. The summed E-state index contributed by atoms with van der Waals surface area (Å²) in [4.78, 5) is 34.8. The number of ether oxygens (including phenoxy) is 2. The molecule has 0 aromatic heterocycles. The lowest BCUT2D eigenvalue weighted by Gasteiger charge is -2.09. The Hall–Kier alpha value is -3.61. The summed E-state index contributed by atoms with van der Waals surface area (Å²) >= 11 is 0. The molecule has 0 aliphatic carbocycles. The Morgan fingerprint density at radius 1 is 1.08 bits per heavy atom. The van der Waals surface area contributed by atoms with E-state index in [1.54, 1.807) is 55.7 Å². The zero-order chi connectivity index (χ0) is 18.9. The molecule has 3 N–H and O–H groups in total. The van der Waals surface area contributed by atoms with E-state index in [2.05, 4.69) is 5.32 Å². The van der Waals surface area contributed by atoms with Crippen LogP contribution in [0.15, 0.2) is 54.6 Å². The maximum absolute atomic E-state index is 12.1. The smallest absolute Gasteiger partial charge is 0.340 e. The molecule has 0 saturated carbocycles. The third-order valence-corrected chi connectivity index (χ3v) is 3.29. The molecule has 2 amide bonds. The quantitative estimate of drug-likeness (QED) is 0.584. The Balaban J connectivity index is 2.05. The number of carbonyl (C=O) groups is 3. The first kappa shape index (κ1) is 18.7. The summed E-state index contributed by atoms with van der Waals surface area (Å²) in [5.41, 5.74) is 6.16. The maximum atomic E-state index is 12.1. The zero-order valence-electron chi connectivity index (χ0n) is 14.1. The standard InChI is InChI=1S/C19H18N2O5/c1-25-14-9-6-13(7-10-14)8-11-18(23)21-16-5-3-2-4-15(16)19(24)26-12-17(20)22/h2-11H,12H2,1H3,(H2,20,22)(H,21,23)/b11-8+. The van der Waals surface area contributed by atoms with Gasteiger partial charge in [-0.3, -0.25) is 9.59 Å². The number of anilines is 1. The topological polar surface area (TPSA) is 108 Å². The number of rotatable bonds is 7. The molecule has 0 bridgehead atoms. The average molecular weight is 354 g/mol. The number of para-hydroxylation sites is 1. The lowest BCUT2D eigenvalue weighted by Crippen LogP contribution is -2.21. The summed E-state index contributed by atoms with van der Waals surface area (Å²) in [7, 11) is 1.57. The van der Waals surface area contributed by atoms with Crippen molar-refractivity contribution < 1.29 is 23.9 Å². The number of primary amides is 1. The van der Waals surface area contributed by atoms with Gasteiger partial charge in [-0.05, 0) is 35.9 Å². The Bertz CT molecular complexity index is 828. The van der Waals surface area contributed by atoms with Gasteiger partial charge in [0.05, 0.1) is 18.4 Å². The number of amides is 2. The third-order valence-electron chi connectivity index (χ3n) is 3.29. The van der Waals surface area contributed by atoms with E-state index in [1.807, 2.05) is 0 Å². The minimum atomic E-state index is -0.762. The van der Waals surface area contributed by atoms with Crippen LogP contribution in [-0.4, -0.2) is 31.5 Å². The minimum Gasteiger partial charge on any atom is -0.497 e. The Morgan fingerprint density at radius 2 is 1.77 bits per heavy atom. The van der Waals surface area contributed by atoms with E-state index in [1.165, 1.54) is 12.1 Å². The number of hydrogen-bond donors (Lipinski definition) is 2. The fourth-order valence-corrected chi connectivity index (χ4v) is 2.05. The zero-order valence-corrected chi connectivity index (χ0v) is 14.1. The van der Waals surface area contributed by atoms with Gasteiger partial charge in [-0.25, -0.2) is 4.79 Å². The van der Waals surface area contributed by atoms with Crippen molar-refractivity contribution >= 4 is 29.5 Å². The van der Waals surface area contributed by atoms with Crippen LogP contribution in [0.3, 0.4) is 0 Å². The van der Waals surface area contributed by atoms with Gasteiger partial charge in [0.15, 0.2) is 6.61 Å². The highest BCUT2D eigenvalue weighted by Gasteiger charge is 2.14. The molecule has 26 heavy (non-hydrogen) atoms. The highest BCUT2D eigenvalue weighted by molar-refractivity contribution is 6.06. The van der Waals surface area contributed by atoms with Gasteiger partial charge < -0.3 is 20.5 Å². The van der Waals surface area contributed by atoms with Gasteiger partial charge in [0, 0.05) is 6.08 Å². The number of nitrogens with one attached hydrogen (secondary N) is 1. The van der Waals surface area contributed by atoms with Crippen LogP contribution in [0.25, 0.3) is 6.08 Å². The highest BCUT2D eigenvalue weighted by atomic mass is 16.5. The molecule has 0 aliphatic rings. The first-order valence-electron chi connectivity index (χ1n) is 7.67. The molecule has 0 unspecified atom stereocenters. The van der Waals surface area contributed by atoms with Crippen molar-refractivity contribution in [1.29, 1.82) is 0 Å². The van der Waals surface area contributed by atoms with E-state index in [9.17, 15) is 14.4 Å². The van der Waals surface area contributed by atoms with Crippen molar-refractivity contribution in [3.63, 3.8) is 0 Å². The second kappa shape index (κ2) is 9.03.